The van der Waals surface area contributed by atoms with Gasteiger partial charge in [-0.3, -0.25) is 4.39 Å². The Balaban J connectivity index is 0.000000561. The standard InChI is InChI=1S/C8H18N2.CH3F/c1-7(2)8(9)3-5-10-6-4-8;1-2/h7,10H,3-6,9H2,1-2H3;1H3. The SMILES string of the molecule is CC(C)C1(N)CCNCC1.CF. The number of hydrogen-bond donors (Lipinski definition) is 2. The molecule has 0 amide bonds. The van der Waals surface area contributed by atoms with Crippen LogP contribution in [0.5, 0.6) is 0 Å². The smallest absolute Gasteiger partial charge is 0.0785 e. The van der Waals surface area contributed by atoms with E-state index >= 15 is 0 Å². The van der Waals surface area contributed by atoms with Gasteiger partial charge in [0.2, 0.25) is 0 Å². The van der Waals surface area contributed by atoms with Gasteiger partial charge in [-0.2, -0.15) is 0 Å². The molecule has 0 bridgehead atoms. The van der Waals surface area contributed by atoms with Gasteiger partial charge in [0.1, 0.15) is 0 Å². The summed E-state index contributed by atoms with van der Waals surface area (Å²) in [5.41, 5.74) is 6.28. The van der Waals surface area contributed by atoms with Gasteiger partial charge in [-0.1, -0.05) is 13.8 Å². The van der Waals surface area contributed by atoms with Gasteiger partial charge in [0.05, 0.1) is 7.18 Å². The van der Waals surface area contributed by atoms with Crippen LogP contribution in [0.2, 0.25) is 0 Å². The number of nitrogens with two attached hydrogens (primary N) is 1. The Hall–Kier alpha value is -0.150. The topological polar surface area (TPSA) is 38.0 Å². The summed E-state index contributed by atoms with van der Waals surface area (Å²) in [6.07, 6.45) is 2.26. The molecular formula is C9H21FN2. The van der Waals surface area contributed by atoms with Gasteiger partial charge >= 0.3 is 0 Å². The Labute approximate surface area is 74.7 Å². The summed E-state index contributed by atoms with van der Waals surface area (Å²) < 4.78 is 9.50. The Kier molecular flexibility index (Phi) is 5.42. The molecule has 0 unspecified atom stereocenters. The van der Waals surface area contributed by atoms with E-state index in [-0.39, 0.29) is 5.54 Å². The molecule has 0 radical (unpaired) electrons. The second-order valence-electron chi connectivity index (χ2n) is 3.64. The molecule has 0 saturated carbocycles. The molecule has 0 aromatic heterocycles. The number of nitrogens with one attached hydrogen (secondary N) is 1. The predicted octanol–water partition coefficient (Wildman–Crippen LogP) is 1.31. The minimum absolute atomic E-state index is 0.116. The molecule has 1 aliphatic heterocycles. The van der Waals surface area contributed by atoms with E-state index in [4.69, 9.17) is 5.73 Å². The van der Waals surface area contributed by atoms with Crippen LogP contribution in [0.25, 0.3) is 0 Å². The monoisotopic (exact) mass is 176 g/mol. The average Bonchev–Trinajstić information content (AvgIpc) is 2.09. The molecule has 1 heterocycles. The maximum absolute atomic E-state index is 9.50. The van der Waals surface area contributed by atoms with E-state index in [1.807, 2.05) is 0 Å². The van der Waals surface area contributed by atoms with E-state index in [0.29, 0.717) is 13.1 Å². The van der Waals surface area contributed by atoms with Gasteiger partial charge in [-0.15, -0.1) is 0 Å². The summed E-state index contributed by atoms with van der Waals surface area (Å²) in [6.45, 7) is 6.61. The van der Waals surface area contributed by atoms with Crippen molar-refractivity contribution in [2.75, 3.05) is 20.3 Å². The summed E-state index contributed by atoms with van der Waals surface area (Å²) in [5.74, 6) is 0.620. The number of hydrogen-bond acceptors (Lipinski definition) is 2. The van der Waals surface area contributed by atoms with Gasteiger partial charge in [0.15, 0.2) is 0 Å². The highest BCUT2D eigenvalue weighted by Gasteiger charge is 2.30. The zero-order chi connectivity index (χ0) is 9.61. The summed E-state index contributed by atoms with van der Waals surface area (Å²) in [5, 5.41) is 3.31. The lowest BCUT2D eigenvalue weighted by Gasteiger charge is -2.37. The van der Waals surface area contributed by atoms with E-state index in [2.05, 4.69) is 19.2 Å². The Morgan fingerprint density at radius 2 is 1.67 bits per heavy atom. The van der Waals surface area contributed by atoms with Crippen molar-refractivity contribution in [2.24, 2.45) is 11.7 Å². The number of piperidine rings is 1. The maximum Gasteiger partial charge on any atom is 0.0785 e. The second-order valence-corrected chi connectivity index (χ2v) is 3.64. The van der Waals surface area contributed by atoms with Crippen molar-refractivity contribution in [3.63, 3.8) is 0 Å². The zero-order valence-corrected chi connectivity index (χ0v) is 8.36. The van der Waals surface area contributed by atoms with Crippen LogP contribution in [-0.4, -0.2) is 25.8 Å². The minimum atomic E-state index is 0.116. The van der Waals surface area contributed by atoms with E-state index in [0.717, 1.165) is 25.9 Å². The maximum atomic E-state index is 9.50. The molecule has 0 atom stereocenters. The van der Waals surface area contributed by atoms with Crippen molar-refractivity contribution in [1.82, 2.24) is 5.32 Å². The number of rotatable bonds is 1. The fourth-order valence-corrected chi connectivity index (χ4v) is 1.47. The van der Waals surface area contributed by atoms with Gasteiger partial charge in [-0.05, 0) is 31.8 Å². The third-order valence-corrected chi connectivity index (χ3v) is 2.68. The molecule has 2 nitrogen and oxygen atoms in total. The van der Waals surface area contributed by atoms with Crippen LogP contribution in [0, 0.1) is 5.92 Å². The van der Waals surface area contributed by atoms with Gasteiger partial charge in [0.25, 0.3) is 0 Å². The molecule has 3 heteroatoms. The molecule has 12 heavy (non-hydrogen) atoms. The van der Waals surface area contributed by atoms with E-state index in [1.54, 1.807) is 0 Å². The van der Waals surface area contributed by atoms with Crippen LogP contribution in [0.4, 0.5) is 4.39 Å². The Bertz CT molecular complexity index is 109. The molecule has 3 N–H and O–H groups in total. The first-order valence-corrected chi connectivity index (χ1v) is 4.52. The van der Waals surface area contributed by atoms with Crippen LogP contribution in [0.1, 0.15) is 26.7 Å². The first kappa shape index (κ1) is 11.8. The van der Waals surface area contributed by atoms with Crippen molar-refractivity contribution >= 4 is 0 Å². The van der Waals surface area contributed by atoms with Crippen LogP contribution in [-0.2, 0) is 0 Å². The largest absolute Gasteiger partial charge is 0.325 e. The molecule has 74 valence electrons. The predicted molar refractivity (Wildman–Crippen MR) is 50.9 cm³/mol. The first-order valence-electron chi connectivity index (χ1n) is 4.52. The molecule has 0 spiro atoms. The average molecular weight is 176 g/mol. The fraction of sp³-hybridized carbons (Fsp3) is 1.00. The molecule has 0 aromatic rings. The lowest BCUT2D eigenvalue weighted by atomic mass is 9.80. The van der Waals surface area contributed by atoms with Crippen molar-refractivity contribution in [3.8, 4) is 0 Å². The van der Waals surface area contributed by atoms with Crippen LogP contribution >= 0.6 is 0 Å². The molecule has 1 saturated heterocycles. The summed E-state index contributed by atoms with van der Waals surface area (Å²) in [7, 11) is 0.500. The van der Waals surface area contributed by atoms with Crippen LogP contribution < -0.4 is 11.1 Å². The van der Waals surface area contributed by atoms with Gasteiger partial charge in [0, 0.05) is 5.54 Å². The number of alkyl halides is 1. The quantitative estimate of drug-likeness (QED) is 0.632. The van der Waals surface area contributed by atoms with Crippen molar-refractivity contribution in [2.45, 2.75) is 32.2 Å². The second kappa shape index (κ2) is 5.49. The summed E-state index contributed by atoms with van der Waals surface area (Å²) in [6, 6.07) is 0. The third-order valence-electron chi connectivity index (χ3n) is 2.68. The lowest BCUT2D eigenvalue weighted by molar-refractivity contribution is 0.233. The molecule has 1 aliphatic rings. The van der Waals surface area contributed by atoms with Crippen LogP contribution in [0.3, 0.4) is 0 Å². The van der Waals surface area contributed by atoms with Crippen molar-refractivity contribution < 1.29 is 4.39 Å². The number of halogens is 1. The Morgan fingerprint density at radius 3 is 1.92 bits per heavy atom. The van der Waals surface area contributed by atoms with Gasteiger partial charge in [-0.25, -0.2) is 0 Å². The molecular weight excluding hydrogens is 155 g/mol. The van der Waals surface area contributed by atoms with Crippen molar-refractivity contribution in [3.05, 3.63) is 0 Å². The molecule has 0 aliphatic carbocycles. The highest BCUT2D eigenvalue weighted by atomic mass is 19.1. The lowest BCUT2D eigenvalue weighted by Crippen LogP contribution is -2.52. The third kappa shape index (κ3) is 3.07. The zero-order valence-electron chi connectivity index (χ0n) is 8.36. The Morgan fingerprint density at radius 1 is 1.25 bits per heavy atom. The van der Waals surface area contributed by atoms with Gasteiger partial charge < -0.3 is 11.1 Å². The molecule has 0 aromatic carbocycles. The summed E-state index contributed by atoms with van der Waals surface area (Å²) in [4.78, 5) is 0. The van der Waals surface area contributed by atoms with E-state index < -0.39 is 0 Å². The first-order chi connectivity index (χ1) is 5.65. The van der Waals surface area contributed by atoms with E-state index in [1.165, 1.54) is 0 Å². The summed E-state index contributed by atoms with van der Waals surface area (Å²) >= 11 is 0. The van der Waals surface area contributed by atoms with Crippen molar-refractivity contribution in [1.29, 1.82) is 0 Å². The molecule has 1 fully saturated rings. The highest BCUT2D eigenvalue weighted by molar-refractivity contribution is 4.91. The fourth-order valence-electron chi connectivity index (χ4n) is 1.47. The normalized spacial score (nSPS) is 21.5. The minimum Gasteiger partial charge on any atom is -0.325 e. The molecule has 1 rings (SSSR count). The highest BCUT2D eigenvalue weighted by Crippen LogP contribution is 2.23. The van der Waals surface area contributed by atoms with Crippen LogP contribution in [0.15, 0.2) is 0 Å². The van der Waals surface area contributed by atoms with E-state index in [9.17, 15) is 4.39 Å².